The highest BCUT2D eigenvalue weighted by atomic mass is 32.2. The van der Waals surface area contributed by atoms with Crippen LogP contribution in [0.15, 0.2) is 54.6 Å². The minimum absolute atomic E-state index is 0.0130. The molecule has 2 aromatic rings. The molecule has 0 atom stereocenters. The molecular weight excluding hydrogens is 422 g/mol. The van der Waals surface area contributed by atoms with Gasteiger partial charge in [0.05, 0.1) is 5.75 Å². The molecule has 32 heavy (non-hydrogen) atoms. The van der Waals surface area contributed by atoms with Gasteiger partial charge in [0.15, 0.2) is 0 Å². The summed E-state index contributed by atoms with van der Waals surface area (Å²) in [6, 6.07) is 17.5. The molecule has 0 aliphatic carbocycles. The fraction of sp³-hybridized carbons (Fsp3) is 0.480. The molecule has 1 aliphatic rings. The molecular formula is C25H35N3O3S. The van der Waals surface area contributed by atoms with Crippen LogP contribution in [0.5, 0.6) is 0 Å². The normalized spacial score (nSPS) is 15.3. The van der Waals surface area contributed by atoms with E-state index in [4.69, 9.17) is 0 Å². The molecule has 2 aromatic carbocycles. The van der Waals surface area contributed by atoms with Crippen LogP contribution in [0.4, 0.5) is 5.69 Å². The van der Waals surface area contributed by atoms with Gasteiger partial charge < -0.3 is 9.80 Å². The van der Waals surface area contributed by atoms with Crippen LogP contribution in [-0.2, 0) is 27.1 Å². The molecule has 0 radical (unpaired) electrons. The fourth-order valence-electron chi connectivity index (χ4n) is 4.07. The average molecular weight is 458 g/mol. The van der Waals surface area contributed by atoms with Crippen LogP contribution in [0.2, 0.25) is 0 Å². The lowest BCUT2D eigenvalue weighted by Crippen LogP contribution is -2.34. The monoisotopic (exact) mass is 457 g/mol. The molecule has 3 rings (SSSR count). The third-order valence-electron chi connectivity index (χ3n) is 5.76. The SMILES string of the molecule is CC(=O)N1CCCN(c2ccc(CN(CC(C)C)S(=O)(=O)Cc3ccccc3)cc2)CC1. The molecule has 0 bridgehead atoms. The topological polar surface area (TPSA) is 60.9 Å². The average Bonchev–Trinajstić information content (AvgIpc) is 3.00. The van der Waals surface area contributed by atoms with E-state index in [1.807, 2.05) is 61.2 Å². The van der Waals surface area contributed by atoms with Crippen molar-refractivity contribution in [2.75, 3.05) is 37.6 Å². The first-order chi connectivity index (χ1) is 15.2. The Bertz CT molecular complexity index is 975. The predicted molar refractivity (Wildman–Crippen MR) is 130 cm³/mol. The van der Waals surface area contributed by atoms with Gasteiger partial charge in [0.1, 0.15) is 0 Å². The molecule has 1 fully saturated rings. The predicted octanol–water partition coefficient (Wildman–Crippen LogP) is 3.73. The standard InChI is InChI=1S/C25H35N3O3S/c1-21(2)18-28(32(30,31)20-24-8-5-4-6-9-24)19-23-10-12-25(13-11-23)27-15-7-14-26(16-17-27)22(3)29/h4-6,8-13,21H,7,14-20H2,1-3H3. The van der Waals surface area contributed by atoms with Crippen LogP contribution in [0.1, 0.15) is 38.3 Å². The molecule has 0 spiro atoms. The second-order valence-corrected chi connectivity index (χ2v) is 10.9. The van der Waals surface area contributed by atoms with Crippen LogP contribution in [0.3, 0.4) is 0 Å². The maximum absolute atomic E-state index is 13.2. The number of anilines is 1. The molecule has 0 aromatic heterocycles. The van der Waals surface area contributed by atoms with Crippen molar-refractivity contribution in [1.82, 2.24) is 9.21 Å². The molecule has 1 heterocycles. The van der Waals surface area contributed by atoms with E-state index in [1.54, 1.807) is 11.2 Å². The van der Waals surface area contributed by atoms with Crippen LogP contribution >= 0.6 is 0 Å². The lowest BCUT2D eigenvalue weighted by atomic mass is 10.1. The number of hydrogen-bond donors (Lipinski definition) is 0. The summed E-state index contributed by atoms with van der Waals surface area (Å²) in [6.07, 6.45) is 0.946. The van der Waals surface area contributed by atoms with Crippen molar-refractivity contribution in [2.24, 2.45) is 5.92 Å². The van der Waals surface area contributed by atoms with Crippen LogP contribution < -0.4 is 4.90 Å². The van der Waals surface area contributed by atoms with Crippen LogP contribution in [0.25, 0.3) is 0 Å². The highest BCUT2D eigenvalue weighted by Crippen LogP contribution is 2.21. The van der Waals surface area contributed by atoms with Crippen LogP contribution in [0, 0.1) is 5.92 Å². The first-order valence-electron chi connectivity index (χ1n) is 11.4. The van der Waals surface area contributed by atoms with E-state index in [-0.39, 0.29) is 17.6 Å². The van der Waals surface area contributed by atoms with Gasteiger partial charge in [0.2, 0.25) is 15.9 Å². The summed E-state index contributed by atoms with van der Waals surface area (Å²) in [4.78, 5) is 15.9. The Labute approximate surface area is 192 Å². The number of benzene rings is 2. The number of rotatable bonds is 8. The van der Waals surface area contributed by atoms with Crippen molar-refractivity contribution < 1.29 is 13.2 Å². The van der Waals surface area contributed by atoms with Crippen LogP contribution in [-0.4, -0.2) is 56.3 Å². The summed E-state index contributed by atoms with van der Waals surface area (Å²) in [5.41, 5.74) is 2.89. The zero-order chi connectivity index (χ0) is 23.1. The highest BCUT2D eigenvalue weighted by Gasteiger charge is 2.24. The Morgan fingerprint density at radius 2 is 1.62 bits per heavy atom. The maximum atomic E-state index is 13.2. The molecule has 0 N–H and O–H groups in total. The largest absolute Gasteiger partial charge is 0.370 e. The second-order valence-electron chi connectivity index (χ2n) is 8.94. The van der Waals surface area contributed by atoms with Gasteiger partial charge in [-0.15, -0.1) is 0 Å². The van der Waals surface area contributed by atoms with Gasteiger partial charge in [-0.25, -0.2) is 8.42 Å². The van der Waals surface area contributed by atoms with E-state index >= 15 is 0 Å². The molecule has 6 nitrogen and oxygen atoms in total. The van der Waals surface area contributed by atoms with E-state index in [1.165, 1.54) is 0 Å². The lowest BCUT2D eigenvalue weighted by Gasteiger charge is -2.26. The number of carbonyl (C=O) groups is 1. The molecule has 1 amide bonds. The smallest absolute Gasteiger partial charge is 0.219 e. The van der Waals surface area contributed by atoms with Crippen molar-refractivity contribution in [3.63, 3.8) is 0 Å². The summed E-state index contributed by atoms with van der Waals surface area (Å²) in [5.74, 6) is 0.379. The number of hydrogen-bond acceptors (Lipinski definition) is 4. The van der Waals surface area contributed by atoms with E-state index in [2.05, 4.69) is 17.0 Å². The first kappa shape index (κ1) is 24.3. The molecule has 0 unspecified atom stereocenters. The van der Waals surface area contributed by atoms with Crippen molar-refractivity contribution in [3.05, 3.63) is 65.7 Å². The molecule has 174 valence electrons. The summed E-state index contributed by atoms with van der Waals surface area (Å²) < 4.78 is 27.9. The zero-order valence-electron chi connectivity index (χ0n) is 19.4. The number of nitrogens with zero attached hydrogens (tertiary/aromatic N) is 3. The van der Waals surface area contributed by atoms with E-state index < -0.39 is 10.0 Å². The highest BCUT2D eigenvalue weighted by molar-refractivity contribution is 7.88. The Kier molecular flexibility index (Phi) is 8.32. The molecule has 1 aliphatic heterocycles. The van der Waals surface area contributed by atoms with Gasteiger partial charge >= 0.3 is 0 Å². The quantitative estimate of drug-likeness (QED) is 0.606. The lowest BCUT2D eigenvalue weighted by molar-refractivity contribution is -0.128. The third kappa shape index (κ3) is 6.81. The summed E-state index contributed by atoms with van der Waals surface area (Å²) in [7, 11) is -3.43. The number of carbonyl (C=O) groups excluding carboxylic acids is 1. The van der Waals surface area contributed by atoms with Crippen molar-refractivity contribution in [2.45, 2.75) is 39.5 Å². The third-order valence-corrected chi connectivity index (χ3v) is 7.52. The van der Waals surface area contributed by atoms with E-state index in [9.17, 15) is 13.2 Å². The van der Waals surface area contributed by atoms with E-state index in [0.717, 1.165) is 49.4 Å². The molecule has 7 heteroatoms. The zero-order valence-corrected chi connectivity index (χ0v) is 20.2. The van der Waals surface area contributed by atoms with Gasteiger partial charge in [-0.3, -0.25) is 4.79 Å². The second kappa shape index (κ2) is 11.0. The number of sulfonamides is 1. The molecule has 1 saturated heterocycles. The van der Waals surface area contributed by atoms with E-state index in [0.29, 0.717) is 13.1 Å². The van der Waals surface area contributed by atoms with Crippen molar-refractivity contribution in [3.8, 4) is 0 Å². The fourth-order valence-corrected chi connectivity index (χ4v) is 5.73. The van der Waals surface area contributed by atoms with Crippen molar-refractivity contribution in [1.29, 1.82) is 0 Å². The van der Waals surface area contributed by atoms with Gasteiger partial charge in [-0.2, -0.15) is 4.31 Å². The van der Waals surface area contributed by atoms with Gasteiger partial charge in [0, 0.05) is 51.9 Å². The number of amides is 1. The van der Waals surface area contributed by atoms with Crippen molar-refractivity contribution >= 4 is 21.6 Å². The Morgan fingerprint density at radius 1 is 0.938 bits per heavy atom. The summed E-state index contributed by atoms with van der Waals surface area (Å²) >= 11 is 0. The summed E-state index contributed by atoms with van der Waals surface area (Å²) in [5, 5.41) is 0. The minimum atomic E-state index is -3.43. The van der Waals surface area contributed by atoms with Gasteiger partial charge in [-0.05, 0) is 35.6 Å². The minimum Gasteiger partial charge on any atom is -0.370 e. The summed E-state index contributed by atoms with van der Waals surface area (Å²) in [6.45, 7) is 9.81. The Morgan fingerprint density at radius 3 is 2.25 bits per heavy atom. The van der Waals surface area contributed by atoms with Gasteiger partial charge in [-0.1, -0.05) is 56.3 Å². The molecule has 0 saturated carbocycles. The Balaban J connectivity index is 1.70. The first-order valence-corrected chi connectivity index (χ1v) is 13.0. The van der Waals surface area contributed by atoms with Gasteiger partial charge in [0.25, 0.3) is 0 Å². The maximum Gasteiger partial charge on any atom is 0.219 e. The Hall–Kier alpha value is -2.38.